The molecule has 1 aliphatic rings. The molecule has 24 heavy (non-hydrogen) atoms. The van der Waals surface area contributed by atoms with Crippen LogP contribution < -0.4 is 10.0 Å². The summed E-state index contributed by atoms with van der Waals surface area (Å²) in [6.07, 6.45) is 1.83. The van der Waals surface area contributed by atoms with Gasteiger partial charge in [0.2, 0.25) is 15.9 Å². The summed E-state index contributed by atoms with van der Waals surface area (Å²) >= 11 is 0. The number of fused-ring (bicyclic) bond motifs is 1. The first kappa shape index (κ1) is 18.4. The van der Waals surface area contributed by atoms with Crippen molar-refractivity contribution in [1.29, 1.82) is 0 Å². The van der Waals surface area contributed by atoms with Gasteiger partial charge in [0, 0.05) is 12.1 Å². The third-order valence-corrected chi connectivity index (χ3v) is 5.28. The number of sulfonamides is 1. The van der Waals surface area contributed by atoms with Crippen LogP contribution in [0.3, 0.4) is 0 Å². The Morgan fingerprint density at radius 1 is 1.33 bits per heavy atom. The summed E-state index contributed by atoms with van der Waals surface area (Å²) < 4.78 is 27.3. The third-order valence-electron chi connectivity index (χ3n) is 3.81. The normalized spacial score (nSPS) is 16.2. The molecule has 1 aromatic carbocycles. The minimum Gasteiger partial charge on any atom is -0.480 e. The third kappa shape index (κ3) is 4.55. The maximum atomic E-state index is 12.5. The highest BCUT2D eigenvalue weighted by Crippen LogP contribution is 2.25. The number of aryl methyl sites for hydroxylation is 1. The van der Waals surface area contributed by atoms with Crippen LogP contribution in [-0.4, -0.2) is 31.4 Å². The largest absolute Gasteiger partial charge is 0.480 e. The number of hydrogen-bond donors (Lipinski definition) is 3. The number of carbonyl (C=O) groups excluding carboxylic acids is 1. The van der Waals surface area contributed by atoms with Gasteiger partial charge in [0.25, 0.3) is 0 Å². The Kier molecular flexibility index (Phi) is 5.61. The quantitative estimate of drug-likeness (QED) is 0.720. The summed E-state index contributed by atoms with van der Waals surface area (Å²) in [5.74, 6) is -1.25. The molecule has 8 heteroatoms. The Morgan fingerprint density at radius 3 is 2.67 bits per heavy atom. The van der Waals surface area contributed by atoms with Crippen LogP contribution in [0.4, 0.5) is 5.69 Å². The van der Waals surface area contributed by atoms with E-state index in [2.05, 4.69) is 10.0 Å². The van der Waals surface area contributed by atoms with Crippen LogP contribution in [0.25, 0.3) is 0 Å². The minimum atomic E-state index is -3.95. The van der Waals surface area contributed by atoms with Crippen molar-refractivity contribution in [2.45, 2.75) is 50.5 Å². The molecular formula is C16H22N2O5S. The van der Waals surface area contributed by atoms with Crippen LogP contribution in [0.2, 0.25) is 0 Å². The zero-order chi connectivity index (χ0) is 17.9. The number of rotatable bonds is 6. The Balaban J connectivity index is 2.27. The second kappa shape index (κ2) is 7.31. The number of carbonyl (C=O) groups is 2. The molecule has 1 amide bonds. The summed E-state index contributed by atoms with van der Waals surface area (Å²) in [7, 11) is -3.95. The predicted molar refractivity (Wildman–Crippen MR) is 89.2 cm³/mol. The second-order valence-corrected chi connectivity index (χ2v) is 8.08. The van der Waals surface area contributed by atoms with Crippen molar-refractivity contribution in [2.75, 3.05) is 5.32 Å². The first-order valence-corrected chi connectivity index (χ1v) is 9.35. The van der Waals surface area contributed by atoms with Gasteiger partial charge in [0.15, 0.2) is 0 Å². The van der Waals surface area contributed by atoms with Crippen molar-refractivity contribution in [3.05, 3.63) is 23.8 Å². The standard InChI is InChI=1S/C16H22N2O5S/c1-10(2)8-14(16(20)21)18-24(22,23)12-6-7-13-11(9-12)4-3-5-15(19)17-13/h6-7,9-10,14,18H,3-5,8H2,1-2H3,(H,17,19)(H,20,21)/t14-/m0/s1. The van der Waals surface area contributed by atoms with Gasteiger partial charge >= 0.3 is 5.97 Å². The van der Waals surface area contributed by atoms with Gasteiger partial charge in [-0.15, -0.1) is 0 Å². The SMILES string of the molecule is CC(C)C[C@H](NS(=O)(=O)c1ccc2c(c1)CCCC(=O)N2)C(=O)O. The van der Waals surface area contributed by atoms with Crippen molar-refractivity contribution in [3.8, 4) is 0 Å². The molecule has 0 aliphatic carbocycles. The summed E-state index contributed by atoms with van der Waals surface area (Å²) in [5.41, 5.74) is 1.34. The first-order valence-electron chi connectivity index (χ1n) is 7.87. The average Bonchev–Trinajstić information content (AvgIpc) is 2.65. The molecular weight excluding hydrogens is 332 g/mol. The molecule has 0 unspecified atom stereocenters. The molecule has 1 heterocycles. The van der Waals surface area contributed by atoms with Crippen molar-refractivity contribution < 1.29 is 23.1 Å². The molecule has 1 atom stereocenters. The van der Waals surface area contributed by atoms with Crippen molar-refractivity contribution in [1.82, 2.24) is 4.72 Å². The number of hydrogen-bond acceptors (Lipinski definition) is 4. The fourth-order valence-electron chi connectivity index (χ4n) is 2.64. The fraction of sp³-hybridized carbons (Fsp3) is 0.500. The van der Waals surface area contributed by atoms with E-state index in [1.807, 2.05) is 13.8 Å². The lowest BCUT2D eigenvalue weighted by molar-refractivity contribution is -0.139. The van der Waals surface area contributed by atoms with E-state index in [4.69, 9.17) is 0 Å². The van der Waals surface area contributed by atoms with E-state index in [0.29, 0.717) is 24.9 Å². The molecule has 132 valence electrons. The smallest absolute Gasteiger partial charge is 0.321 e. The van der Waals surface area contributed by atoms with Crippen molar-refractivity contribution in [2.24, 2.45) is 5.92 Å². The van der Waals surface area contributed by atoms with Crippen LogP contribution in [0.1, 0.15) is 38.7 Å². The van der Waals surface area contributed by atoms with Gasteiger partial charge in [-0.05, 0) is 48.9 Å². The topological polar surface area (TPSA) is 113 Å². The highest BCUT2D eigenvalue weighted by Gasteiger charge is 2.27. The number of nitrogens with one attached hydrogen (secondary N) is 2. The molecule has 0 spiro atoms. The van der Waals surface area contributed by atoms with E-state index < -0.39 is 22.0 Å². The summed E-state index contributed by atoms with van der Waals surface area (Å²) in [6.45, 7) is 3.66. The van der Waals surface area contributed by atoms with Crippen molar-refractivity contribution >= 4 is 27.6 Å². The van der Waals surface area contributed by atoms with Gasteiger partial charge in [0.1, 0.15) is 6.04 Å². The summed E-state index contributed by atoms with van der Waals surface area (Å²) in [6, 6.07) is 3.25. The van der Waals surface area contributed by atoms with Crippen molar-refractivity contribution in [3.63, 3.8) is 0 Å². The highest BCUT2D eigenvalue weighted by atomic mass is 32.2. The number of amides is 1. The van der Waals surface area contributed by atoms with Gasteiger partial charge in [-0.2, -0.15) is 4.72 Å². The second-order valence-electron chi connectivity index (χ2n) is 6.36. The van der Waals surface area contributed by atoms with Crippen LogP contribution in [-0.2, 0) is 26.0 Å². The molecule has 0 bridgehead atoms. The Morgan fingerprint density at radius 2 is 2.04 bits per heavy atom. The molecule has 3 N–H and O–H groups in total. The lowest BCUT2D eigenvalue weighted by atomic mass is 10.1. The molecule has 1 aliphatic heterocycles. The lowest BCUT2D eigenvalue weighted by Gasteiger charge is -2.17. The summed E-state index contributed by atoms with van der Waals surface area (Å²) in [4.78, 5) is 22.8. The Hall–Kier alpha value is -1.93. The van der Waals surface area contributed by atoms with Gasteiger partial charge in [-0.3, -0.25) is 9.59 Å². The van der Waals surface area contributed by atoms with Gasteiger partial charge in [-0.25, -0.2) is 8.42 Å². The number of carboxylic acid groups (broad SMARTS) is 1. The van der Waals surface area contributed by atoms with E-state index in [1.165, 1.54) is 12.1 Å². The van der Waals surface area contributed by atoms with Crippen LogP contribution in [0, 0.1) is 5.92 Å². The molecule has 2 rings (SSSR count). The molecule has 1 aromatic rings. The van der Waals surface area contributed by atoms with Gasteiger partial charge in [0.05, 0.1) is 4.90 Å². The number of aliphatic carboxylic acids is 1. The van der Waals surface area contributed by atoms with Gasteiger partial charge in [-0.1, -0.05) is 13.8 Å². The highest BCUT2D eigenvalue weighted by molar-refractivity contribution is 7.89. The zero-order valence-electron chi connectivity index (χ0n) is 13.7. The molecule has 0 radical (unpaired) electrons. The van der Waals surface area contributed by atoms with Crippen LogP contribution in [0.5, 0.6) is 0 Å². The first-order chi connectivity index (χ1) is 11.2. The Bertz CT molecular complexity index is 743. The van der Waals surface area contributed by atoms with E-state index in [-0.39, 0.29) is 23.1 Å². The van der Waals surface area contributed by atoms with Gasteiger partial charge < -0.3 is 10.4 Å². The summed E-state index contributed by atoms with van der Waals surface area (Å²) in [5, 5.41) is 12.0. The predicted octanol–water partition coefficient (Wildman–Crippen LogP) is 1.74. The zero-order valence-corrected chi connectivity index (χ0v) is 14.5. The molecule has 0 aromatic heterocycles. The molecule has 0 saturated carbocycles. The molecule has 0 fully saturated rings. The number of anilines is 1. The van der Waals surface area contributed by atoms with Crippen LogP contribution in [0.15, 0.2) is 23.1 Å². The maximum absolute atomic E-state index is 12.5. The van der Waals surface area contributed by atoms with E-state index in [9.17, 15) is 23.1 Å². The maximum Gasteiger partial charge on any atom is 0.321 e. The van der Waals surface area contributed by atoms with E-state index in [0.717, 1.165) is 5.56 Å². The number of benzene rings is 1. The number of carboxylic acids is 1. The minimum absolute atomic E-state index is 0.00686. The lowest BCUT2D eigenvalue weighted by Crippen LogP contribution is -2.41. The van der Waals surface area contributed by atoms with E-state index >= 15 is 0 Å². The fourth-order valence-corrected chi connectivity index (χ4v) is 3.90. The van der Waals surface area contributed by atoms with E-state index in [1.54, 1.807) is 6.07 Å². The molecule has 0 saturated heterocycles. The monoisotopic (exact) mass is 354 g/mol. The Labute approximate surface area is 141 Å². The average molecular weight is 354 g/mol. The molecule has 7 nitrogen and oxygen atoms in total. The van der Waals surface area contributed by atoms with Crippen LogP contribution >= 0.6 is 0 Å².